The Labute approximate surface area is 159 Å². The number of nitrogens with one attached hydrogen (secondary N) is 2. The van der Waals surface area contributed by atoms with Gasteiger partial charge in [0.25, 0.3) is 5.91 Å². The number of nitrogens with zero attached hydrogens (tertiary/aromatic N) is 3. The number of pyridine rings is 1. The highest BCUT2D eigenvalue weighted by molar-refractivity contribution is 5.94. The van der Waals surface area contributed by atoms with Crippen molar-refractivity contribution in [1.29, 1.82) is 0 Å². The summed E-state index contributed by atoms with van der Waals surface area (Å²) in [5.41, 5.74) is 2.36. The molecule has 8 nitrogen and oxygen atoms in total. The number of rotatable bonds is 10. The molecular formula is C19H29N5O3. The molecule has 0 aliphatic rings. The molecule has 0 spiro atoms. The highest BCUT2D eigenvalue weighted by atomic mass is 16.5. The van der Waals surface area contributed by atoms with Crippen LogP contribution in [-0.2, 0) is 16.0 Å². The van der Waals surface area contributed by atoms with Gasteiger partial charge in [-0.3, -0.25) is 14.0 Å². The van der Waals surface area contributed by atoms with Crippen molar-refractivity contribution in [3.05, 3.63) is 29.6 Å². The van der Waals surface area contributed by atoms with E-state index in [1.807, 2.05) is 16.7 Å². The Bertz CT molecular complexity index is 787. The molecule has 0 unspecified atom stereocenters. The Hall–Kier alpha value is -2.61. The third-order valence-corrected chi connectivity index (χ3v) is 4.29. The predicted molar refractivity (Wildman–Crippen MR) is 105 cm³/mol. The van der Waals surface area contributed by atoms with Gasteiger partial charge in [-0.05, 0) is 25.5 Å². The van der Waals surface area contributed by atoms with Crippen molar-refractivity contribution in [3.8, 4) is 0 Å². The van der Waals surface area contributed by atoms with Gasteiger partial charge in [0.05, 0.1) is 17.9 Å². The zero-order valence-electron chi connectivity index (χ0n) is 16.5. The topological polar surface area (TPSA) is 88.0 Å². The maximum Gasteiger partial charge on any atom is 0.252 e. The van der Waals surface area contributed by atoms with Crippen molar-refractivity contribution >= 4 is 23.3 Å². The zero-order valence-corrected chi connectivity index (χ0v) is 16.5. The van der Waals surface area contributed by atoms with E-state index in [1.165, 1.54) is 6.92 Å². The molecule has 148 valence electrons. The minimum absolute atomic E-state index is 0.114. The number of aromatic nitrogens is 2. The Balaban J connectivity index is 2.27. The zero-order chi connectivity index (χ0) is 19.8. The van der Waals surface area contributed by atoms with Crippen LogP contribution in [0.2, 0.25) is 0 Å². The largest absolute Gasteiger partial charge is 0.383 e. The lowest BCUT2D eigenvalue weighted by Gasteiger charge is -2.23. The third kappa shape index (κ3) is 5.19. The minimum atomic E-state index is -0.181. The number of hydrogen-bond acceptors (Lipinski definition) is 5. The van der Waals surface area contributed by atoms with E-state index < -0.39 is 0 Å². The quantitative estimate of drug-likeness (QED) is 0.610. The Kier molecular flexibility index (Phi) is 7.60. The molecular weight excluding hydrogens is 346 g/mol. The van der Waals surface area contributed by atoms with Gasteiger partial charge in [-0.1, -0.05) is 6.92 Å². The molecule has 0 fully saturated rings. The summed E-state index contributed by atoms with van der Waals surface area (Å²) in [7, 11) is 1.69. The van der Waals surface area contributed by atoms with E-state index in [-0.39, 0.29) is 11.8 Å². The molecule has 0 saturated carbocycles. The van der Waals surface area contributed by atoms with Crippen molar-refractivity contribution < 1.29 is 14.3 Å². The normalized spacial score (nSPS) is 10.8. The van der Waals surface area contributed by atoms with Gasteiger partial charge >= 0.3 is 0 Å². The van der Waals surface area contributed by atoms with Crippen molar-refractivity contribution in [2.24, 2.45) is 0 Å². The van der Waals surface area contributed by atoms with Crippen LogP contribution in [0, 0.1) is 0 Å². The standard InChI is InChI=1S/C19H29N5O3/c1-5-16-19(23(6-2)11-12-27-4)24-13-15(7-8-17(24)22-16)18(26)21-10-9-20-14(3)25/h7-8,13H,5-6,9-12H2,1-4H3,(H,20,25)(H,21,26). The van der Waals surface area contributed by atoms with Gasteiger partial charge in [-0.2, -0.15) is 0 Å². The van der Waals surface area contributed by atoms with E-state index in [2.05, 4.69) is 29.4 Å². The molecule has 2 heterocycles. The molecule has 0 aliphatic carbocycles. The molecule has 27 heavy (non-hydrogen) atoms. The molecule has 8 heteroatoms. The van der Waals surface area contributed by atoms with Crippen LogP contribution in [0.1, 0.15) is 36.8 Å². The molecule has 0 saturated heterocycles. The highest BCUT2D eigenvalue weighted by Gasteiger charge is 2.18. The summed E-state index contributed by atoms with van der Waals surface area (Å²) in [6.45, 7) is 8.58. The number of aryl methyl sites for hydroxylation is 1. The van der Waals surface area contributed by atoms with Crippen molar-refractivity contribution in [1.82, 2.24) is 20.0 Å². The molecule has 0 aromatic carbocycles. The van der Waals surface area contributed by atoms with E-state index in [0.717, 1.165) is 36.7 Å². The molecule has 2 rings (SSSR count). The van der Waals surface area contributed by atoms with Crippen LogP contribution in [0.15, 0.2) is 18.3 Å². The van der Waals surface area contributed by atoms with Crippen LogP contribution in [0.3, 0.4) is 0 Å². The lowest BCUT2D eigenvalue weighted by Crippen LogP contribution is -2.33. The Morgan fingerprint density at radius 1 is 1.22 bits per heavy atom. The summed E-state index contributed by atoms with van der Waals surface area (Å²) in [4.78, 5) is 30.2. The first kappa shape index (κ1) is 20.7. The second kappa shape index (κ2) is 9.91. The van der Waals surface area contributed by atoms with Crippen LogP contribution >= 0.6 is 0 Å². The number of carbonyl (C=O) groups is 2. The number of ether oxygens (including phenoxy) is 1. The number of amides is 2. The van der Waals surface area contributed by atoms with Crippen molar-refractivity contribution in [2.75, 3.05) is 44.8 Å². The van der Waals surface area contributed by atoms with Crippen LogP contribution in [-0.4, -0.2) is 61.1 Å². The smallest absolute Gasteiger partial charge is 0.252 e. The Morgan fingerprint density at radius 2 is 1.96 bits per heavy atom. The number of fused-ring (bicyclic) bond motifs is 1. The number of methoxy groups -OCH3 is 1. The van der Waals surface area contributed by atoms with E-state index in [9.17, 15) is 9.59 Å². The van der Waals surface area contributed by atoms with Crippen LogP contribution in [0.4, 0.5) is 5.82 Å². The average Bonchev–Trinajstić information content (AvgIpc) is 3.03. The lowest BCUT2D eigenvalue weighted by atomic mass is 10.2. The van der Waals surface area contributed by atoms with Gasteiger partial charge in [0.1, 0.15) is 11.5 Å². The fourth-order valence-electron chi connectivity index (χ4n) is 2.92. The average molecular weight is 375 g/mol. The summed E-state index contributed by atoms with van der Waals surface area (Å²) < 4.78 is 7.20. The van der Waals surface area contributed by atoms with Gasteiger partial charge in [-0.15, -0.1) is 0 Å². The number of likely N-dealkylation sites (N-methyl/N-ethyl adjacent to an activating group) is 1. The van der Waals surface area contributed by atoms with Crippen LogP contribution in [0.25, 0.3) is 5.65 Å². The fraction of sp³-hybridized carbons (Fsp3) is 0.526. The van der Waals surface area contributed by atoms with E-state index in [1.54, 1.807) is 13.2 Å². The third-order valence-electron chi connectivity index (χ3n) is 4.29. The van der Waals surface area contributed by atoms with Gasteiger partial charge < -0.3 is 20.3 Å². The first-order valence-corrected chi connectivity index (χ1v) is 9.29. The summed E-state index contributed by atoms with van der Waals surface area (Å²) in [6.07, 6.45) is 2.62. The first-order valence-electron chi connectivity index (χ1n) is 9.29. The number of carbonyl (C=O) groups excluding carboxylic acids is 2. The number of anilines is 1. The Morgan fingerprint density at radius 3 is 2.59 bits per heavy atom. The monoisotopic (exact) mass is 375 g/mol. The highest BCUT2D eigenvalue weighted by Crippen LogP contribution is 2.24. The predicted octanol–water partition coefficient (Wildman–Crippen LogP) is 1.24. The van der Waals surface area contributed by atoms with Crippen LogP contribution < -0.4 is 15.5 Å². The van der Waals surface area contributed by atoms with Gasteiger partial charge in [0.15, 0.2) is 0 Å². The fourth-order valence-corrected chi connectivity index (χ4v) is 2.92. The van der Waals surface area contributed by atoms with Crippen molar-refractivity contribution in [2.45, 2.75) is 27.2 Å². The molecule has 2 N–H and O–H groups in total. The second-order valence-electron chi connectivity index (χ2n) is 6.19. The van der Waals surface area contributed by atoms with Crippen molar-refractivity contribution in [3.63, 3.8) is 0 Å². The maximum absolute atomic E-state index is 12.4. The molecule has 0 aliphatic heterocycles. The maximum atomic E-state index is 12.4. The van der Waals surface area contributed by atoms with Gasteiger partial charge in [-0.25, -0.2) is 4.98 Å². The molecule has 0 atom stereocenters. The second-order valence-corrected chi connectivity index (χ2v) is 6.19. The number of hydrogen-bond donors (Lipinski definition) is 2. The summed E-state index contributed by atoms with van der Waals surface area (Å²) in [6, 6.07) is 3.63. The molecule has 0 radical (unpaired) electrons. The van der Waals surface area contributed by atoms with E-state index in [4.69, 9.17) is 9.72 Å². The summed E-state index contributed by atoms with van der Waals surface area (Å²) in [5, 5.41) is 5.47. The van der Waals surface area contributed by atoms with Crippen LogP contribution in [0.5, 0.6) is 0 Å². The summed E-state index contributed by atoms with van der Waals surface area (Å²) in [5.74, 6) is 0.705. The summed E-state index contributed by atoms with van der Waals surface area (Å²) >= 11 is 0. The molecule has 2 amide bonds. The van der Waals surface area contributed by atoms with E-state index in [0.29, 0.717) is 25.3 Å². The minimum Gasteiger partial charge on any atom is -0.383 e. The van der Waals surface area contributed by atoms with Gasteiger partial charge in [0, 0.05) is 46.4 Å². The number of imidazole rings is 1. The SMILES string of the molecule is CCc1nc2ccc(C(=O)NCCNC(C)=O)cn2c1N(CC)CCOC. The first-order chi connectivity index (χ1) is 13.0. The molecule has 0 bridgehead atoms. The van der Waals surface area contributed by atoms with E-state index >= 15 is 0 Å². The van der Waals surface area contributed by atoms with Gasteiger partial charge in [0.2, 0.25) is 5.91 Å². The lowest BCUT2D eigenvalue weighted by molar-refractivity contribution is -0.118. The molecule has 2 aromatic rings. The molecule has 2 aromatic heterocycles.